The molecule has 0 radical (unpaired) electrons. The molecule has 0 fully saturated rings. The van der Waals surface area contributed by atoms with Crippen molar-refractivity contribution in [1.29, 1.82) is 0 Å². The zero-order valence-electron chi connectivity index (χ0n) is 10.4. The highest BCUT2D eigenvalue weighted by atomic mass is 35.5. The van der Waals surface area contributed by atoms with Crippen molar-refractivity contribution in [3.63, 3.8) is 0 Å². The molecular formula is C16H16ClN. The van der Waals surface area contributed by atoms with E-state index in [4.69, 9.17) is 11.6 Å². The van der Waals surface area contributed by atoms with E-state index in [0.29, 0.717) is 12.0 Å². The molecule has 0 amide bonds. The van der Waals surface area contributed by atoms with E-state index in [1.54, 1.807) is 0 Å². The number of halogens is 1. The molecule has 2 aromatic carbocycles. The molecule has 92 valence electrons. The summed E-state index contributed by atoms with van der Waals surface area (Å²) in [7, 11) is 0. The molecule has 0 aliphatic carbocycles. The topological polar surface area (TPSA) is 12.0 Å². The number of anilines is 1. The number of fused-ring (bicyclic) bond motifs is 1. The maximum Gasteiger partial charge on any atom is 0.0410 e. The zero-order valence-corrected chi connectivity index (χ0v) is 11.1. The molecule has 0 bridgehead atoms. The average molecular weight is 258 g/mol. The first-order chi connectivity index (χ1) is 8.74. The van der Waals surface area contributed by atoms with Crippen molar-refractivity contribution in [3.8, 4) is 0 Å². The van der Waals surface area contributed by atoms with Crippen molar-refractivity contribution in [2.75, 3.05) is 5.32 Å². The maximum absolute atomic E-state index is 6.14. The molecule has 0 spiro atoms. The summed E-state index contributed by atoms with van der Waals surface area (Å²) in [4.78, 5) is 0. The highest BCUT2D eigenvalue weighted by molar-refractivity contribution is 6.30. The Morgan fingerprint density at radius 3 is 2.67 bits per heavy atom. The fraction of sp³-hybridized carbons (Fsp3) is 0.250. The number of rotatable bonds is 1. The standard InChI is InChI=1S/C16H16ClN/c1-11-9-14(12-5-3-2-4-6-12)15-10-13(17)7-8-16(15)18-11/h2-8,10-11,14,18H,9H2,1H3/t11-,14-/m0/s1. The molecule has 1 aliphatic rings. The Balaban J connectivity index is 2.09. The van der Waals surface area contributed by atoms with Gasteiger partial charge >= 0.3 is 0 Å². The van der Waals surface area contributed by atoms with Crippen LogP contribution in [0.25, 0.3) is 0 Å². The van der Waals surface area contributed by atoms with Crippen LogP contribution >= 0.6 is 11.6 Å². The van der Waals surface area contributed by atoms with E-state index < -0.39 is 0 Å². The lowest BCUT2D eigenvalue weighted by molar-refractivity contribution is 0.615. The summed E-state index contributed by atoms with van der Waals surface area (Å²) in [5.74, 6) is 0.441. The first-order valence-electron chi connectivity index (χ1n) is 6.35. The summed E-state index contributed by atoms with van der Waals surface area (Å²) in [5, 5.41) is 4.34. The van der Waals surface area contributed by atoms with Gasteiger partial charge in [0.25, 0.3) is 0 Å². The van der Waals surface area contributed by atoms with Crippen molar-refractivity contribution in [1.82, 2.24) is 0 Å². The molecule has 1 N–H and O–H groups in total. The third-order valence-corrected chi connectivity index (χ3v) is 3.82. The Morgan fingerprint density at radius 1 is 1.11 bits per heavy atom. The van der Waals surface area contributed by atoms with Crippen LogP contribution in [-0.4, -0.2) is 6.04 Å². The molecule has 3 rings (SSSR count). The van der Waals surface area contributed by atoms with Crippen molar-refractivity contribution in [2.24, 2.45) is 0 Å². The van der Waals surface area contributed by atoms with E-state index in [0.717, 1.165) is 11.4 Å². The van der Waals surface area contributed by atoms with Crippen molar-refractivity contribution in [2.45, 2.75) is 25.3 Å². The molecule has 0 saturated heterocycles. The van der Waals surface area contributed by atoms with Gasteiger partial charge in [-0.2, -0.15) is 0 Å². The van der Waals surface area contributed by atoms with Crippen molar-refractivity contribution < 1.29 is 0 Å². The fourth-order valence-corrected chi connectivity index (χ4v) is 2.94. The molecule has 2 aromatic rings. The third kappa shape index (κ3) is 2.11. The molecular weight excluding hydrogens is 242 g/mol. The molecule has 0 aromatic heterocycles. The van der Waals surface area contributed by atoms with E-state index in [2.05, 4.69) is 54.7 Å². The minimum Gasteiger partial charge on any atom is -0.382 e. The molecule has 18 heavy (non-hydrogen) atoms. The summed E-state index contributed by atoms with van der Waals surface area (Å²) in [5.41, 5.74) is 3.90. The highest BCUT2D eigenvalue weighted by Gasteiger charge is 2.25. The minimum absolute atomic E-state index is 0.441. The molecule has 0 unspecified atom stereocenters. The Bertz CT molecular complexity index is 550. The summed E-state index contributed by atoms with van der Waals surface area (Å²) in [6.07, 6.45) is 1.11. The first-order valence-corrected chi connectivity index (χ1v) is 6.73. The Hall–Kier alpha value is -1.47. The summed E-state index contributed by atoms with van der Waals surface area (Å²) in [6, 6.07) is 17.3. The van der Waals surface area contributed by atoms with Crippen LogP contribution in [-0.2, 0) is 0 Å². The Labute approximate surface area is 113 Å². The lowest BCUT2D eigenvalue weighted by atomic mass is 9.82. The van der Waals surface area contributed by atoms with Gasteiger partial charge in [-0.25, -0.2) is 0 Å². The zero-order chi connectivity index (χ0) is 12.5. The summed E-state index contributed by atoms with van der Waals surface area (Å²) >= 11 is 6.14. The van der Waals surface area contributed by atoms with E-state index in [-0.39, 0.29) is 0 Å². The predicted octanol–water partition coefficient (Wildman–Crippen LogP) is 4.68. The highest BCUT2D eigenvalue weighted by Crippen LogP contribution is 2.39. The van der Waals surface area contributed by atoms with Gasteiger partial charge in [-0.1, -0.05) is 41.9 Å². The van der Waals surface area contributed by atoms with Crippen LogP contribution in [0, 0.1) is 0 Å². The molecule has 0 saturated carbocycles. The Kier molecular flexibility index (Phi) is 3.00. The van der Waals surface area contributed by atoms with Crippen LogP contribution < -0.4 is 5.32 Å². The van der Waals surface area contributed by atoms with Gasteiger partial charge in [-0.15, -0.1) is 0 Å². The van der Waals surface area contributed by atoms with Gasteiger partial charge in [0.15, 0.2) is 0 Å². The normalized spacial score (nSPS) is 22.1. The second kappa shape index (κ2) is 4.66. The number of hydrogen-bond acceptors (Lipinski definition) is 1. The minimum atomic E-state index is 0.441. The average Bonchev–Trinajstić information content (AvgIpc) is 2.39. The number of benzene rings is 2. The second-order valence-corrected chi connectivity index (χ2v) is 5.41. The van der Waals surface area contributed by atoms with E-state index in [1.165, 1.54) is 16.8 Å². The molecule has 2 atom stereocenters. The summed E-state index contributed by atoms with van der Waals surface area (Å²) < 4.78 is 0. The smallest absolute Gasteiger partial charge is 0.0410 e. The number of nitrogens with one attached hydrogen (secondary N) is 1. The molecule has 1 aliphatic heterocycles. The lowest BCUT2D eigenvalue weighted by Crippen LogP contribution is -2.25. The second-order valence-electron chi connectivity index (χ2n) is 4.98. The van der Waals surface area contributed by atoms with Crippen molar-refractivity contribution in [3.05, 3.63) is 64.7 Å². The Morgan fingerprint density at radius 2 is 1.89 bits per heavy atom. The van der Waals surface area contributed by atoms with Crippen LogP contribution in [0.1, 0.15) is 30.4 Å². The monoisotopic (exact) mass is 257 g/mol. The lowest BCUT2D eigenvalue weighted by Gasteiger charge is -2.32. The molecule has 1 heterocycles. The van der Waals surface area contributed by atoms with Crippen molar-refractivity contribution >= 4 is 17.3 Å². The van der Waals surface area contributed by atoms with Gasteiger partial charge in [0.1, 0.15) is 0 Å². The van der Waals surface area contributed by atoms with E-state index in [9.17, 15) is 0 Å². The van der Waals surface area contributed by atoms with Gasteiger partial charge in [0.2, 0.25) is 0 Å². The first kappa shape index (κ1) is 11.6. The maximum atomic E-state index is 6.14. The summed E-state index contributed by atoms with van der Waals surface area (Å²) in [6.45, 7) is 2.23. The van der Waals surface area contributed by atoms with Crippen LogP contribution in [0.2, 0.25) is 5.02 Å². The molecule has 2 heteroatoms. The fourth-order valence-electron chi connectivity index (χ4n) is 2.76. The van der Waals surface area contributed by atoms with Gasteiger partial charge in [0, 0.05) is 22.7 Å². The van der Waals surface area contributed by atoms with Crippen LogP contribution in [0.5, 0.6) is 0 Å². The number of hydrogen-bond donors (Lipinski definition) is 1. The quantitative estimate of drug-likeness (QED) is 0.782. The van der Waals surface area contributed by atoms with Gasteiger partial charge in [-0.05, 0) is 42.7 Å². The largest absolute Gasteiger partial charge is 0.382 e. The predicted molar refractivity (Wildman–Crippen MR) is 77.4 cm³/mol. The van der Waals surface area contributed by atoms with Crippen LogP contribution in [0.4, 0.5) is 5.69 Å². The van der Waals surface area contributed by atoms with E-state index >= 15 is 0 Å². The van der Waals surface area contributed by atoms with Gasteiger partial charge < -0.3 is 5.32 Å². The van der Waals surface area contributed by atoms with E-state index in [1.807, 2.05) is 6.07 Å². The van der Waals surface area contributed by atoms with Crippen LogP contribution in [0.3, 0.4) is 0 Å². The van der Waals surface area contributed by atoms with Gasteiger partial charge in [0.05, 0.1) is 0 Å². The van der Waals surface area contributed by atoms with Crippen LogP contribution in [0.15, 0.2) is 48.5 Å². The molecule has 1 nitrogen and oxygen atoms in total. The third-order valence-electron chi connectivity index (χ3n) is 3.58. The SMILES string of the molecule is C[C@H]1C[C@@H](c2ccccc2)c2cc(Cl)ccc2N1. The van der Waals surface area contributed by atoms with Gasteiger partial charge in [-0.3, -0.25) is 0 Å².